The Hall–Kier alpha value is -0.880. The van der Waals surface area contributed by atoms with Crippen LogP contribution in [0, 0.1) is 11.8 Å². The maximum absolute atomic E-state index is 11.9. The predicted octanol–water partition coefficient (Wildman–Crippen LogP) is 5.22. The number of unbranched alkanes of at least 4 members (excludes halogenated alkanes) is 3. The highest BCUT2D eigenvalue weighted by Gasteiger charge is 2.30. The van der Waals surface area contributed by atoms with Gasteiger partial charge in [-0.25, -0.2) is 0 Å². The smallest absolute Gasteiger partial charge is 0.310 e. The molecule has 1 rings (SSSR count). The SMILES string of the molecule is CCCCCCC(CC(C(=O)O)C1=CCCCC1)CC(CC)S(=O)(=O)O. The molecule has 0 spiro atoms. The highest BCUT2D eigenvalue weighted by molar-refractivity contribution is 7.86. The van der Waals surface area contributed by atoms with E-state index in [0.717, 1.165) is 63.4 Å². The lowest BCUT2D eigenvalue weighted by Crippen LogP contribution is -2.27. The van der Waals surface area contributed by atoms with E-state index in [-0.39, 0.29) is 5.92 Å². The van der Waals surface area contributed by atoms with Gasteiger partial charge in [-0.1, -0.05) is 57.6 Å². The van der Waals surface area contributed by atoms with E-state index < -0.39 is 27.3 Å². The van der Waals surface area contributed by atoms with Crippen molar-refractivity contribution in [2.24, 2.45) is 11.8 Å². The Morgan fingerprint density at radius 3 is 2.38 bits per heavy atom. The van der Waals surface area contributed by atoms with Crippen LogP contribution in [-0.2, 0) is 14.9 Å². The number of carbonyl (C=O) groups is 1. The van der Waals surface area contributed by atoms with Crippen molar-refractivity contribution in [3.63, 3.8) is 0 Å². The number of allylic oxidation sites excluding steroid dienone is 1. The minimum atomic E-state index is -4.09. The third-order valence-electron chi connectivity index (χ3n) is 5.58. The fourth-order valence-corrected chi connectivity index (χ4v) is 4.92. The summed E-state index contributed by atoms with van der Waals surface area (Å²) in [5.41, 5.74) is 1.00. The predicted molar refractivity (Wildman–Crippen MR) is 105 cm³/mol. The first-order chi connectivity index (χ1) is 12.3. The van der Waals surface area contributed by atoms with Crippen molar-refractivity contribution in [3.8, 4) is 0 Å². The van der Waals surface area contributed by atoms with Gasteiger partial charge >= 0.3 is 5.97 Å². The molecule has 26 heavy (non-hydrogen) atoms. The van der Waals surface area contributed by atoms with Crippen LogP contribution in [0.4, 0.5) is 0 Å². The van der Waals surface area contributed by atoms with Crippen molar-refractivity contribution < 1.29 is 22.9 Å². The van der Waals surface area contributed by atoms with Gasteiger partial charge in [-0.2, -0.15) is 8.42 Å². The Kier molecular flexibility index (Phi) is 10.5. The van der Waals surface area contributed by atoms with Gasteiger partial charge in [0.05, 0.1) is 11.2 Å². The molecule has 0 saturated heterocycles. The Morgan fingerprint density at radius 1 is 1.15 bits per heavy atom. The summed E-state index contributed by atoms with van der Waals surface area (Å²) in [5.74, 6) is -1.33. The van der Waals surface area contributed by atoms with Gasteiger partial charge in [0.25, 0.3) is 10.1 Å². The number of rotatable bonds is 13. The summed E-state index contributed by atoms with van der Waals surface area (Å²) >= 11 is 0. The van der Waals surface area contributed by atoms with E-state index >= 15 is 0 Å². The van der Waals surface area contributed by atoms with Gasteiger partial charge < -0.3 is 5.11 Å². The Morgan fingerprint density at radius 2 is 1.88 bits per heavy atom. The Bertz CT molecular complexity index is 553. The maximum atomic E-state index is 11.9. The molecule has 0 bridgehead atoms. The minimum absolute atomic E-state index is 0.00246. The monoisotopic (exact) mass is 388 g/mol. The molecule has 6 heteroatoms. The molecule has 0 aromatic rings. The normalized spacial score (nSPS) is 18.8. The summed E-state index contributed by atoms with van der Waals surface area (Å²) in [7, 11) is -4.09. The van der Waals surface area contributed by atoms with Crippen LogP contribution in [0.15, 0.2) is 11.6 Å². The first kappa shape index (κ1) is 23.2. The zero-order valence-electron chi connectivity index (χ0n) is 16.3. The van der Waals surface area contributed by atoms with Gasteiger partial charge in [-0.15, -0.1) is 0 Å². The molecule has 5 nitrogen and oxygen atoms in total. The molecule has 0 aliphatic heterocycles. The molecular weight excluding hydrogens is 352 g/mol. The highest BCUT2D eigenvalue weighted by atomic mass is 32.2. The van der Waals surface area contributed by atoms with Crippen molar-refractivity contribution in [3.05, 3.63) is 11.6 Å². The third kappa shape index (κ3) is 8.21. The molecule has 0 radical (unpaired) electrons. The number of aliphatic carboxylic acids is 1. The standard InChI is InChI=1S/C20H36O5S/c1-3-5-6-8-11-16(14-18(4-2)26(23,24)25)15-19(20(21)22)17-12-9-7-10-13-17/h12,16,18-19H,3-11,13-15H2,1-2H3,(H,21,22)(H,23,24,25). The van der Waals surface area contributed by atoms with Crippen molar-refractivity contribution in [1.29, 1.82) is 0 Å². The van der Waals surface area contributed by atoms with Gasteiger partial charge in [0.2, 0.25) is 0 Å². The minimum Gasteiger partial charge on any atom is -0.481 e. The summed E-state index contributed by atoms with van der Waals surface area (Å²) in [6, 6.07) is 0. The number of carboxylic acid groups (broad SMARTS) is 1. The molecule has 3 atom stereocenters. The van der Waals surface area contributed by atoms with Crippen molar-refractivity contribution in [2.75, 3.05) is 0 Å². The van der Waals surface area contributed by atoms with Crippen LogP contribution >= 0.6 is 0 Å². The van der Waals surface area contributed by atoms with Crippen LogP contribution in [0.25, 0.3) is 0 Å². The quantitative estimate of drug-likeness (QED) is 0.256. The van der Waals surface area contributed by atoms with Crippen LogP contribution in [0.3, 0.4) is 0 Å². The first-order valence-electron chi connectivity index (χ1n) is 10.2. The molecule has 152 valence electrons. The summed E-state index contributed by atoms with van der Waals surface area (Å²) in [6.07, 6.45) is 12.3. The summed E-state index contributed by atoms with van der Waals surface area (Å²) in [6.45, 7) is 3.89. The summed E-state index contributed by atoms with van der Waals surface area (Å²) in [5, 5.41) is 8.93. The second-order valence-electron chi connectivity index (χ2n) is 7.65. The van der Waals surface area contributed by atoms with Gasteiger partial charge in [0.15, 0.2) is 0 Å². The zero-order valence-corrected chi connectivity index (χ0v) is 17.1. The lowest BCUT2D eigenvalue weighted by atomic mass is 9.80. The Labute approximate surface area is 159 Å². The zero-order chi connectivity index (χ0) is 19.6. The average Bonchev–Trinajstić information content (AvgIpc) is 2.59. The second-order valence-corrected chi connectivity index (χ2v) is 9.34. The van der Waals surface area contributed by atoms with Crippen LogP contribution < -0.4 is 0 Å². The lowest BCUT2D eigenvalue weighted by Gasteiger charge is -2.26. The summed E-state index contributed by atoms with van der Waals surface area (Å²) in [4.78, 5) is 11.9. The summed E-state index contributed by atoms with van der Waals surface area (Å²) < 4.78 is 32.7. The van der Waals surface area contributed by atoms with E-state index in [0.29, 0.717) is 19.3 Å². The molecule has 3 unspecified atom stereocenters. The lowest BCUT2D eigenvalue weighted by molar-refractivity contribution is -0.141. The van der Waals surface area contributed by atoms with E-state index in [1.807, 2.05) is 0 Å². The molecular formula is C20H36O5S. The fourth-order valence-electron chi connectivity index (χ4n) is 3.99. The van der Waals surface area contributed by atoms with Gasteiger partial charge in [-0.3, -0.25) is 9.35 Å². The van der Waals surface area contributed by atoms with Crippen molar-refractivity contribution >= 4 is 16.1 Å². The van der Waals surface area contributed by atoms with Crippen molar-refractivity contribution in [1.82, 2.24) is 0 Å². The van der Waals surface area contributed by atoms with Gasteiger partial charge in [0, 0.05) is 0 Å². The molecule has 1 aliphatic rings. The molecule has 0 aromatic heterocycles. The average molecular weight is 389 g/mol. The van der Waals surface area contributed by atoms with E-state index in [1.54, 1.807) is 6.92 Å². The first-order valence-corrected chi connectivity index (χ1v) is 11.7. The second kappa shape index (κ2) is 11.8. The number of hydrogen-bond donors (Lipinski definition) is 2. The molecule has 0 amide bonds. The maximum Gasteiger partial charge on any atom is 0.310 e. The topological polar surface area (TPSA) is 91.7 Å². The van der Waals surface area contributed by atoms with E-state index in [4.69, 9.17) is 0 Å². The molecule has 0 aromatic carbocycles. The van der Waals surface area contributed by atoms with Crippen LogP contribution in [0.1, 0.15) is 90.9 Å². The fraction of sp³-hybridized carbons (Fsp3) is 0.850. The van der Waals surface area contributed by atoms with Crippen molar-refractivity contribution in [2.45, 2.75) is 96.1 Å². The molecule has 0 heterocycles. The number of hydrogen-bond acceptors (Lipinski definition) is 3. The van der Waals surface area contributed by atoms with E-state index in [9.17, 15) is 22.9 Å². The molecule has 0 fully saturated rings. The van der Waals surface area contributed by atoms with Crippen LogP contribution in [0.5, 0.6) is 0 Å². The van der Waals surface area contributed by atoms with Gasteiger partial charge in [0.1, 0.15) is 0 Å². The van der Waals surface area contributed by atoms with Gasteiger partial charge in [-0.05, 0) is 50.9 Å². The Balaban J connectivity index is 2.86. The third-order valence-corrected chi connectivity index (χ3v) is 6.95. The largest absolute Gasteiger partial charge is 0.481 e. The van der Waals surface area contributed by atoms with Crippen LogP contribution in [0.2, 0.25) is 0 Å². The van der Waals surface area contributed by atoms with Crippen LogP contribution in [-0.4, -0.2) is 29.3 Å². The van der Waals surface area contributed by atoms with E-state index in [1.165, 1.54) is 0 Å². The molecule has 2 N–H and O–H groups in total. The number of carboxylic acids is 1. The highest BCUT2D eigenvalue weighted by Crippen LogP contribution is 2.33. The molecule has 0 saturated carbocycles. The van der Waals surface area contributed by atoms with E-state index in [2.05, 4.69) is 13.0 Å². The molecule has 1 aliphatic carbocycles.